The van der Waals surface area contributed by atoms with Gasteiger partial charge in [-0.15, -0.1) is 0 Å². The van der Waals surface area contributed by atoms with Crippen molar-refractivity contribution < 1.29 is 22.7 Å². The zero-order valence-electron chi connectivity index (χ0n) is 15.4. The molecule has 1 amide bonds. The summed E-state index contributed by atoms with van der Waals surface area (Å²) in [6, 6.07) is 11.5. The molecule has 2 N–H and O–H groups in total. The van der Waals surface area contributed by atoms with Crippen molar-refractivity contribution in [2.24, 2.45) is 0 Å². The van der Waals surface area contributed by atoms with Gasteiger partial charge in [-0.2, -0.15) is 4.72 Å². The fraction of sp³-hybridized carbons (Fsp3) is 0.263. The Balaban J connectivity index is 2.01. The van der Waals surface area contributed by atoms with E-state index in [0.29, 0.717) is 11.3 Å². The standard InChI is InChI=1S/C19H22N2O5S/c1-4-26-19(23)15-7-9-16(10-8-15)20-18(22)14(3)21-27(24,25)17-11-5-13(2)6-12-17/h5-12,14,21H,4H2,1-3H3,(H,20,22). The molecular weight excluding hydrogens is 368 g/mol. The zero-order chi connectivity index (χ0) is 20.0. The van der Waals surface area contributed by atoms with Crippen LogP contribution in [0.15, 0.2) is 53.4 Å². The topological polar surface area (TPSA) is 102 Å². The summed E-state index contributed by atoms with van der Waals surface area (Å²) in [6.07, 6.45) is 0. The Kier molecular flexibility index (Phi) is 6.70. The van der Waals surface area contributed by atoms with Gasteiger partial charge in [0.2, 0.25) is 15.9 Å². The van der Waals surface area contributed by atoms with Crippen LogP contribution in [0.2, 0.25) is 0 Å². The van der Waals surface area contributed by atoms with Crippen molar-refractivity contribution in [3.63, 3.8) is 0 Å². The molecule has 27 heavy (non-hydrogen) atoms. The van der Waals surface area contributed by atoms with Gasteiger partial charge in [0.05, 0.1) is 23.1 Å². The van der Waals surface area contributed by atoms with Crippen LogP contribution in [0.5, 0.6) is 0 Å². The van der Waals surface area contributed by atoms with E-state index in [1.165, 1.54) is 31.2 Å². The fourth-order valence-corrected chi connectivity index (χ4v) is 3.43. The minimum Gasteiger partial charge on any atom is -0.462 e. The lowest BCUT2D eigenvalue weighted by molar-refractivity contribution is -0.117. The Bertz CT molecular complexity index is 906. The van der Waals surface area contributed by atoms with Crippen LogP contribution >= 0.6 is 0 Å². The molecule has 0 heterocycles. The van der Waals surface area contributed by atoms with Crippen molar-refractivity contribution in [1.29, 1.82) is 0 Å². The number of esters is 1. The highest BCUT2D eigenvalue weighted by Gasteiger charge is 2.22. The van der Waals surface area contributed by atoms with E-state index in [1.54, 1.807) is 31.2 Å². The van der Waals surface area contributed by atoms with Crippen LogP contribution in [0.1, 0.15) is 29.8 Å². The number of amides is 1. The largest absolute Gasteiger partial charge is 0.462 e. The summed E-state index contributed by atoms with van der Waals surface area (Å²) in [5.41, 5.74) is 1.74. The number of carbonyl (C=O) groups excluding carboxylic acids is 2. The summed E-state index contributed by atoms with van der Waals surface area (Å²) in [5, 5.41) is 2.60. The van der Waals surface area contributed by atoms with Gasteiger partial charge in [0, 0.05) is 5.69 Å². The molecule has 2 rings (SSSR count). The molecule has 0 saturated carbocycles. The van der Waals surface area contributed by atoms with E-state index in [9.17, 15) is 18.0 Å². The SMILES string of the molecule is CCOC(=O)c1ccc(NC(=O)C(C)NS(=O)(=O)c2ccc(C)cc2)cc1. The van der Waals surface area contributed by atoms with Gasteiger partial charge in [0.1, 0.15) is 0 Å². The van der Waals surface area contributed by atoms with E-state index in [1.807, 2.05) is 6.92 Å². The third kappa shape index (κ3) is 5.63. The van der Waals surface area contributed by atoms with Gasteiger partial charge in [0.15, 0.2) is 0 Å². The number of nitrogens with one attached hydrogen (secondary N) is 2. The number of anilines is 1. The first-order chi connectivity index (χ1) is 12.7. The molecule has 0 saturated heterocycles. The third-order valence-corrected chi connectivity index (χ3v) is 5.28. The van der Waals surface area contributed by atoms with E-state index in [4.69, 9.17) is 4.74 Å². The van der Waals surface area contributed by atoms with Crippen LogP contribution in [0, 0.1) is 6.92 Å². The Morgan fingerprint density at radius 2 is 1.63 bits per heavy atom. The summed E-state index contributed by atoms with van der Waals surface area (Å²) >= 11 is 0. The summed E-state index contributed by atoms with van der Waals surface area (Å²) < 4.78 is 31.9. The van der Waals surface area contributed by atoms with Crippen molar-refractivity contribution in [2.45, 2.75) is 31.7 Å². The highest BCUT2D eigenvalue weighted by atomic mass is 32.2. The van der Waals surface area contributed by atoms with E-state index in [-0.39, 0.29) is 11.5 Å². The molecule has 0 fully saturated rings. The quantitative estimate of drug-likeness (QED) is 0.707. The highest BCUT2D eigenvalue weighted by Crippen LogP contribution is 2.13. The molecule has 2 aromatic rings. The predicted molar refractivity (Wildman–Crippen MR) is 102 cm³/mol. The molecule has 0 aliphatic heterocycles. The third-order valence-electron chi connectivity index (χ3n) is 3.72. The minimum atomic E-state index is -3.81. The molecule has 0 spiro atoms. The maximum atomic E-state index is 12.3. The van der Waals surface area contributed by atoms with Gasteiger partial charge in [-0.3, -0.25) is 4.79 Å². The van der Waals surface area contributed by atoms with E-state index >= 15 is 0 Å². The Morgan fingerprint density at radius 3 is 2.19 bits per heavy atom. The van der Waals surface area contributed by atoms with Crippen molar-refractivity contribution in [2.75, 3.05) is 11.9 Å². The molecule has 2 aromatic carbocycles. The molecule has 144 valence electrons. The Labute approximate surface area is 158 Å². The summed E-state index contributed by atoms with van der Waals surface area (Å²) in [7, 11) is -3.81. The maximum Gasteiger partial charge on any atom is 0.338 e. The summed E-state index contributed by atoms with van der Waals surface area (Å²) in [6.45, 7) is 5.29. The van der Waals surface area contributed by atoms with Crippen LogP contribution in [-0.4, -0.2) is 32.9 Å². The monoisotopic (exact) mass is 390 g/mol. The van der Waals surface area contributed by atoms with Crippen molar-refractivity contribution in [3.8, 4) is 0 Å². The molecular formula is C19H22N2O5S. The molecule has 7 nitrogen and oxygen atoms in total. The molecule has 0 aromatic heterocycles. The Morgan fingerprint density at radius 1 is 1.04 bits per heavy atom. The molecule has 0 aliphatic rings. The number of rotatable bonds is 7. The van der Waals surface area contributed by atoms with Gasteiger partial charge in [0.25, 0.3) is 0 Å². The van der Waals surface area contributed by atoms with Crippen molar-refractivity contribution in [1.82, 2.24) is 4.72 Å². The number of hydrogen-bond acceptors (Lipinski definition) is 5. The van der Waals surface area contributed by atoms with Gasteiger partial charge in [-0.1, -0.05) is 17.7 Å². The van der Waals surface area contributed by atoms with Gasteiger partial charge in [-0.05, 0) is 57.2 Å². The summed E-state index contributed by atoms with van der Waals surface area (Å²) in [4.78, 5) is 24.0. The van der Waals surface area contributed by atoms with Gasteiger partial charge in [-0.25, -0.2) is 13.2 Å². The van der Waals surface area contributed by atoms with Crippen molar-refractivity contribution >= 4 is 27.6 Å². The number of ether oxygens (including phenoxy) is 1. The van der Waals surface area contributed by atoms with Crippen LogP contribution in [0.3, 0.4) is 0 Å². The number of hydrogen-bond donors (Lipinski definition) is 2. The number of benzene rings is 2. The first-order valence-electron chi connectivity index (χ1n) is 8.40. The summed E-state index contributed by atoms with van der Waals surface area (Å²) in [5.74, 6) is -0.968. The van der Waals surface area contributed by atoms with Gasteiger partial charge < -0.3 is 10.1 Å². The molecule has 1 unspecified atom stereocenters. The van der Waals surface area contributed by atoms with E-state index in [0.717, 1.165) is 5.56 Å². The lowest BCUT2D eigenvalue weighted by Crippen LogP contribution is -2.41. The van der Waals surface area contributed by atoms with Crippen LogP contribution in [-0.2, 0) is 19.6 Å². The molecule has 0 aliphatic carbocycles. The molecule has 8 heteroatoms. The minimum absolute atomic E-state index is 0.0894. The first-order valence-corrected chi connectivity index (χ1v) is 9.88. The molecule has 0 bridgehead atoms. The second kappa shape index (κ2) is 8.79. The maximum absolute atomic E-state index is 12.3. The zero-order valence-corrected chi connectivity index (χ0v) is 16.2. The van der Waals surface area contributed by atoms with E-state index in [2.05, 4.69) is 10.0 Å². The Hall–Kier alpha value is -2.71. The lowest BCUT2D eigenvalue weighted by Gasteiger charge is -2.15. The fourth-order valence-electron chi connectivity index (χ4n) is 2.23. The first kappa shape index (κ1) is 20.6. The van der Waals surface area contributed by atoms with Crippen LogP contribution in [0.4, 0.5) is 5.69 Å². The second-order valence-corrected chi connectivity index (χ2v) is 7.66. The van der Waals surface area contributed by atoms with Crippen molar-refractivity contribution in [3.05, 3.63) is 59.7 Å². The average Bonchev–Trinajstić information content (AvgIpc) is 2.62. The number of sulfonamides is 1. The van der Waals surface area contributed by atoms with Crippen LogP contribution in [0.25, 0.3) is 0 Å². The number of carbonyl (C=O) groups is 2. The average molecular weight is 390 g/mol. The van der Waals surface area contributed by atoms with E-state index < -0.39 is 27.9 Å². The number of aryl methyl sites for hydroxylation is 1. The lowest BCUT2D eigenvalue weighted by atomic mass is 10.2. The molecule has 0 radical (unpaired) electrons. The highest BCUT2D eigenvalue weighted by molar-refractivity contribution is 7.89. The predicted octanol–water partition coefficient (Wildman–Crippen LogP) is 2.48. The normalized spacial score (nSPS) is 12.3. The van der Waals surface area contributed by atoms with Gasteiger partial charge >= 0.3 is 5.97 Å². The van der Waals surface area contributed by atoms with Crippen LogP contribution < -0.4 is 10.0 Å². The molecule has 1 atom stereocenters. The smallest absolute Gasteiger partial charge is 0.338 e. The second-order valence-electron chi connectivity index (χ2n) is 5.94.